The number of ether oxygens (including phenoxy) is 3. The molecule has 0 saturated carbocycles. The summed E-state index contributed by atoms with van der Waals surface area (Å²) >= 11 is 0. The SMILES string of the molecule is CC/C=C\C/C=C\C/C=C\C/C=C\C/C=C\C/C=C\CCC(=O)OCC(COC(=O)CCCCCCC/C=C\CCCC)OC(=O)CCCCCC/C=C\C/C=C\C/C=C\C/C=C\CC. The van der Waals surface area contributed by atoms with Gasteiger partial charge < -0.3 is 14.2 Å². The third-order valence-corrected chi connectivity index (χ3v) is 10.1. The first kappa shape index (κ1) is 60.5. The minimum atomic E-state index is -0.829. The van der Waals surface area contributed by atoms with E-state index in [1.54, 1.807) is 0 Å². The molecule has 0 aromatic heterocycles. The molecule has 0 heterocycles. The average Bonchev–Trinajstić information content (AvgIpc) is 3.30. The zero-order valence-corrected chi connectivity index (χ0v) is 41.4. The van der Waals surface area contributed by atoms with Gasteiger partial charge in [-0.2, -0.15) is 0 Å². The molecule has 0 aliphatic rings. The highest BCUT2D eigenvalue weighted by molar-refractivity contribution is 5.71. The summed E-state index contributed by atoms with van der Waals surface area (Å²) in [7, 11) is 0. The average molecular weight is 897 g/mol. The molecule has 0 fully saturated rings. The van der Waals surface area contributed by atoms with E-state index in [1.807, 2.05) is 12.2 Å². The molecule has 0 aromatic rings. The van der Waals surface area contributed by atoms with Crippen LogP contribution in [0.5, 0.6) is 0 Å². The summed E-state index contributed by atoms with van der Waals surface area (Å²) in [6.07, 6.45) is 73.0. The van der Waals surface area contributed by atoms with Gasteiger partial charge in [-0.15, -0.1) is 0 Å². The topological polar surface area (TPSA) is 78.9 Å². The van der Waals surface area contributed by atoms with Crippen molar-refractivity contribution in [1.29, 1.82) is 0 Å². The molecular formula is C59H92O6. The van der Waals surface area contributed by atoms with E-state index >= 15 is 0 Å². The van der Waals surface area contributed by atoms with Gasteiger partial charge in [0.25, 0.3) is 0 Å². The Labute approximate surface area is 398 Å². The predicted molar refractivity (Wildman–Crippen MR) is 279 cm³/mol. The molecule has 6 heteroatoms. The quantitative estimate of drug-likeness (QED) is 0.0262. The Balaban J connectivity index is 4.57. The summed E-state index contributed by atoms with van der Waals surface area (Å²) in [5.41, 5.74) is 0. The number of unbranched alkanes of at least 4 members (excludes halogenated alkanes) is 11. The van der Waals surface area contributed by atoms with Crippen molar-refractivity contribution in [3.8, 4) is 0 Å². The van der Waals surface area contributed by atoms with Gasteiger partial charge in [0.05, 0.1) is 0 Å². The normalized spacial score (nSPS) is 13.2. The van der Waals surface area contributed by atoms with Gasteiger partial charge in [-0.1, -0.05) is 199 Å². The first-order chi connectivity index (χ1) is 32.0. The maximum Gasteiger partial charge on any atom is 0.306 e. The number of allylic oxidation sites excluding steroid dienone is 22. The van der Waals surface area contributed by atoms with Gasteiger partial charge in [-0.05, 0) is 116 Å². The molecule has 0 aliphatic heterocycles. The van der Waals surface area contributed by atoms with Gasteiger partial charge in [-0.3, -0.25) is 14.4 Å². The first-order valence-corrected chi connectivity index (χ1v) is 25.7. The van der Waals surface area contributed by atoms with E-state index < -0.39 is 6.10 Å². The molecule has 65 heavy (non-hydrogen) atoms. The predicted octanol–water partition coefficient (Wildman–Crippen LogP) is 17.1. The van der Waals surface area contributed by atoms with Crippen molar-refractivity contribution in [1.82, 2.24) is 0 Å². The fourth-order valence-electron chi connectivity index (χ4n) is 6.32. The van der Waals surface area contributed by atoms with Gasteiger partial charge in [0.2, 0.25) is 0 Å². The van der Waals surface area contributed by atoms with Crippen LogP contribution in [-0.2, 0) is 28.6 Å². The molecule has 0 radical (unpaired) electrons. The first-order valence-electron chi connectivity index (χ1n) is 25.7. The molecule has 0 amide bonds. The lowest BCUT2D eigenvalue weighted by molar-refractivity contribution is -0.166. The van der Waals surface area contributed by atoms with Crippen LogP contribution in [0.1, 0.15) is 201 Å². The van der Waals surface area contributed by atoms with E-state index in [2.05, 4.69) is 142 Å². The second kappa shape index (κ2) is 52.2. The molecule has 364 valence electrons. The number of carbonyl (C=O) groups excluding carboxylic acids is 3. The lowest BCUT2D eigenvalue weighted by atomic mass is 10.1. The van der Waals surface area contributed by atoms with Crippen molar-refractivity contribution in [2.24, 2.45) is 0 Å². The molecule has 0 spiro atoms. The molecule has 1 atom stereocenters. The number of hydrogen-bond acceptors (Lipinski definition) is 6. The van der Waals surface area contributed by atoms with Crippen LogP contribution in [0.3, 0.4) is 0 Å². The highest BCUT2D eigenvalue weighted by Gasteiger charge is 2.19. The minimum Gasteiger partial charge on any atom is -0.462 e. The summed E-state index contributed by atoms with van der Waals surface area (Å²) in [5.74, 6) is -1.05. The monoisotopic (exact) mass is 897 g/mol. The van der Waals surface area contributed by atoms with Crippen molar-refractivity contribution in [2.45, 2.75) is 207 Å². The fraction of sp³-hybridized carbons (Fsp3) is 0.576. The van der Waals surface area contributed by atoms with E-state index in [9.17, 15) is 14.4 Å². The molecular weight excluding hydrogens is 805 g/mol. The van der Waals surface area contributed by atoms with Gasteiger partial charge >= 0.3 is 17.9 Å². The Morgan fingerprint density at radius 1 is 0.323 bits per heavy atom. The van der Waals surface area contributed by atoms with Crippen LogP contribution >= 0.6 is 0 Å². The summed E-state index contributed by atoms with van der Waals surface area (Å²) in [5, 5.41) is 0. The summed E-state index contributed by atoms with van der Waals surface area (Å²) in [6.45, 7) is 6.25. The standard InChI is InChI=1S/C59H92O6/c1-4-7-10-13-16-19-22-24-26-28-29-31-32-34-37-40-43-46-49-52-58(61)64-55-56(54-63-57(60)51-48-45-42-39-36-21-18-15-12-9-6-3)65-59(62)53-50-47-44-41-38-35-33-30-27-25-23-20-17-14-11-8-5-2/h7-8,10-11,15-20,24-27,29,31,33-35,37,43,46,56H,4-6,9,12-14,21-23,28,30,32,36,38-42,44-45,47-55H2,1-3H3/b10-7-,11-8-,18-15-,19-16-,20-17-,26-24-,27-25-,31-29-,35-33-,37-34-,46-43-. The van der Waals surface area contributed by atoms with Crippen LogP contribution in [0, 0.1) is 0 Å². The summed E-state index contributed by atoms with van der Waals surface area (Å²) < 4.78 is 16.7. The van der Waals surface area contributed by atoms with Gasteiger partial charge in [0, 0.05) is 19.3 Å². The van der Waals surface area contributed by atoms with Gasteiger partial charge in [0.15, 0.2) is 6.10 Å². The van der Waals surface area contributed by atoms with Gasteiger partial charge in [-0.25, -0.2) is 0 Å². The van der Waals surface area contributed by atoms with Crippen molar-refractivity contribution in [2.75, 3.05) is 13.2 Å². The van der Waals surface area contributed by atoms with Crippen molar-refractivity contribution >= 4 is 17.9 Å². The molecule has 0 aromatic carbocycles. The van der Waals surface area contributed by atoms with E-state index in [4.69, 9.17) is 14.2 Å². The van der Waals surface area contributed by atoms with Crippen LogP contribution in [0.25, 0.3) is 0 Å². The molecule has 0 saturated heterocycles. The fourth-order valence-corrected chi connectivity index (χ4v) is 6.32. The van der Waals surface area contributed by atoms with Crippen molar-refractivity contribution in [3.63, 3.8) is 0 Å². The van der Waals surface area contributed by atoms with E-state index in [1.165, 1.54) is 25.7 Å². The van der Waals surface area contributed by atoms with Crippen molar-refractivity contribution < 1.29 is 28.6 Å². The highest BCUT2D eigenvalue weighted by Crippen LogP contribution is 2.12. The third-order valence-electron chi connectivity index (χ3n) is 10.1. The van der Waals surface area contributed by atoms with Crippen molar-refractivity contribution in [3.05, 3.63) is 134 Å². The van der Waals surface area contributed by atoms with E-state index in [0.29, 0.717) is 12.8 Å². The van der Waals surface area contributed by atoms with Crippen LogP contribution in [-0.4, -0.2) is 37.2 Å². The van der Waals surface area contributed by atoms with E-state index in [0.717, 1.165) is 128 Å². The number of carbonyl (C=O) groups is 3. The van der Waals surface area contributed by atoms with Crippen LogP contribution in [0.2, 0.25) is 0 Å². The lowest BCUT2D eigenvalue weighted by Gasteiger charge is -2.18. The Kier molecular flexibility index (Phi) is 48.6. The Morgan fingerprint density at radius 2 is 0.631 bits per heavy atom. The van der Waals surface area contributed by atoms with Crippen LogP contribution in [0.15, 0.2) is 134 Å². The molecule has 6 nitrogen and oxygen atoms in total. The summed E-state index contributed by atoms with van der Waals surface area (Å²) in [6, 6.07) is 0. The van der Waals surface area contributed by atoms with Crippen LogP contribution in [0.4, 0.5) is 0 Å². The summed E-state index contributed by atoms with van der Waals surface area (Å²) in [4.78, 5) is 37.9. The highest BCUT2D eigenvalue weighted by atomic mass is 16.6. The van der Waals surface area contributed by atoms with Crippen LogP contribution < -0.4 is 0 Å². The number of hydrogen-bond donors (Lipinski definition) is 0. The zero-order valence-electron chi connectivity index (χ0n) is 41.4. The smallest absolute Gasteiger partial charge is 0.306 e. The third kappa shape index (κ3) is 50.4. The molecule has 0 bridgehead atoms. The molecule has 0 N–H and O–H groups in total. The molecule has 0 aliphatic carbocycles. The Hall–Kier alpha value is -4.45. The Morgan fingerprint density at radius 3 is 1.05 bits per heavy atom. The maximum atomic E-state index is 12.8. The lowest BCUT2D eigenvalue weighted by Crippen LogP contribution is -2.30. The Bertz CT molecular complexity index is 1450. The van der Waals surface area contributed by atoms with Gasteiger partial charge in [0.1, 0.15) is 13.2 Å². The second-order valence-corrected chi connectivity index (χ2v) is 16.3. The minimum absolute atomic E-state index is 0.121. The second-order valence-electron chi connectivity index (χ2n) is 16.3. The number of rotatable bonds is 44. The largest absolute Gasteiger partial charge is 0.462 e. The molecule has 0 rings (SSSR count). The molecule has 1 unspecified atom stereocenters. The maximum absolute atomic E-state index is 12.8. The number of esters is 3. The van der Waals surface area contributed by atoms with E-state index in [-0.39, 0.29) is 44.0 Å². The zero-order chi connectivity index (χ0) is 47.2.